The Balaban J connectivity index is 1.83. The second-order valence-electron chi connectivity index (χ2n) is 5.00. The number of fused-ring (bicyclic) bond motifs is 1. The zero-order valence-electron chi connectivity index (χ0n) is 11.2. The fourth-order valence-corrected chi connectivity index (χ4v) is 2.69. The number of hydrogen-bond acceptors (Lipinski definition) is 4. The Morgan fingerprint density at radius 1 is 1.50 bits per heavy atom. The van der Waals surface area contributed by atoms with E-state index in [1.165, 1.54) is 0 Å². The summed E-state index contributed by atoms with van der Waals surface area (Å²) in [6, 6.07) is 1.91. The van der Waals surface area contributed by atoms with E-state index in [0.29, 0.717) is 23.9 Å². The van der Waals surface area contributed by atoms with Crippen LogP contribution in [-0.4, -0.2) is 26.4 Å². The van der Waals surface area contributed by atoms with E-state index in [1.54, 1.807) is 12.4 Å². The summed E-state index contributed by atoms with van der Waals surface area (Å²) in [5.74, 6) is 0.680. The molecule has 5 nitrogen and oxygen atoms in total. The molecule has 0 aromatic carbocycles. The third kappa shape index (κ3) is 2.59. The van der Waals surface area contributed by atoms with Crippen molar-refractivity contribution in [3.63, 3.8) is 0 Å². The zero-order valence-corrected chi connectivity index (χ0v) is 11.9. The topological polar surface area (TPSA) is 61.9 Å². The van der Waals surface area contributed by atoms with Gasteiger partial charge >= 0.3 is 0 Å². The maximum absolute atomic E-state index is 12.0. The first-order valence-electron chi connectivity index (χ1n) is 6.53. The molecule has 0 unspecified atom stereocenters. The van der Waals surface area contributed by atoms with Crippen molar-refractivity contribution in [2.75, 3.05) is 6.54 Å². The van der Waals surface area contributed by atoms with Crippen molar-refractivity contribution >= 4 is 11.6 Å². The number of aryl methyl sites for hydroxylation is 1. The molecule has 3 heterocycles. The lowest BCUT2D eigenvalue weighted by Crippen LogP contribution is -2.35. The third-order valence-electron chi connectivity index (χ3n) is 3.52. The van der Waals surface area contributed by atoms with Crippen molar-refractivity contribution in [3.05, 3.63) is 56.5 Å². The fourth-order valence-electron chi connectivity index (χ4n) is 2.51. The number of nitrogens with one attached hydrogen (secondary N) is 1. The Morgan fingerprint density at radius 2 is 2.35 bits per heavy atom. The Bertz CT molecular complexity index is 698. The molecule has 2 aromatic rings. The molecule has 1 aliphatic rings. The van der Waals surface area contributed by atoms with Gasteiger partial charge in [0.1, 0.15) is 5.82 Å². The average Bonchev–Trinajstić information content (AvgIpc) is 2.42. The Kier molecular flexibility index (Phi) is 3.54. The van der Waals surface area contributed by atoms with Crippen LogP contribution >= 0.6 is 11.6 Å². The summed E-state index contributed by atoms with van der Waals surface area (Å²) < 4.78 is 0. The van der Waals surface area contributed by atoms with Crippen molar-refractivity contribution in [2.24, 2.45) is 0 Å². The molecule has 0 spiro atoms. The number of aromatic nitrogens is 3. The van der Waals surface area contributed by atoms with Gasteiger partial charge in [0.15, 0.2) is 0 Å². The highest BCUT2D eigenvalue weighted by molar-refractivity contribution is 6.31. The van der Waals surface area contributed by atoms with Gasteiger partial charge in [0, 0.05) is 38.4 Å². The predicted octanol–water partition coefficient (Wildman–Crippen LogP) is 1.69. The maximum Gasteiger partial charge on any atom is 0.255 e. The van der Waals surface area contributed by atoms with Gasteiger partial charge in [-0.05, 0) is 18.6 Å². The lowest BCUT2D eigenvalue weighted by molar-refractivity contribution is 0.241. The van der Waals surface area contributed by atoms with Crippen LogP contribution < -0.4 is 5.56 Å². The van der Waals surface area contributed by atoms with E-state index in [0.717, 1.165) is 29.8 Å². The normalized spacial score (nSPS) is 15.1. The molecule has 1 aliphatic heterocycles. The molecule has 6 heteroatoms. The predicted molar refractivity (Wildman–Crippen MR) is 76.7 cm³/mol. The second kappa shape index (κ2) is 5.34. The van der Waals surface area contributed by atoms with Crippen LogP contribution in [-0.2, 0) is 19.5 Å². The number of pyridine rings is 1. The smallest absolute Gasteiger partial charge is 0.255 e. The van der Waals surface area contributed by atoms with Crippen LogP contribution in [0.15, 0.2) is 23.3 Å². The minimum atomic E-state index is -0.0296. The van der Waals surface area contributed by atoms with Crippen LogP contribution in [0.2, 0.25) is 5.02 Å². The standard InChI is InChI=1S/C14H15ClN4O/c1-9-17-13-3-5-19(8-11(13)14(20)18-9)7-10-2-4-16-6-12(10)15/h2,4,6H,3,5,7-8H2,1H3,(H,17,18,20). The summed E-state index contributed by atoms with van der Waals surface area (Å²) in [7, 11) is 0. The van der Waals surface area contributed by atoms with Crippen LogP contribution in [0, 0.1) is 6.92 Å². The zero-order chi connectivity index (χ0) is 14.1. The minimum Gasteiger partial charge on any atom is -0.310 e. The molecule has 2 aromatic heterocycles. The highest BCUT2D eigenvalue weighted by Gasteiger charge is 2.21. The minimum absolute atomic E-state index is 0.0296. The van der Waals surface area contributed by atoms with Crippen molar-refractivity contribution in [3.8, 4) is 0 Å². The van der Waals surface area contributed by atoms with E-state index in [2.05, 4.69) is 19.9 Å². The number of aromatic amines is 1. The first-order valence-corrected chi connectivity index (χ1v) is 6.90. The Morgan fingerprint density at radius 3 is 3.15 bits per heavy atom. The number of nitrogens with zero attached hydrogens (tertiary/aromatic N) is 3. The summed E-state index contributed by atoms with van der Waals surface area (Å²) >= 11 is 6.13. The molecule has 0 saturated heterocycles. The Labute approximate surface area is 121 Å². The molecule has 0 amide bonds. The largest absolute Gasteiger partial charge is 0.310 e. The van der Waals surface area contributed by atoms with Gasteiger partial charge in [0.25, 0.3) is 5.56 Å². The molecule has 0 bridgehead atoms. The number of halogens is 1. The Hall–Kier alpha value is -1.72. The SMILES string of the molecule is Cc1nc2c(c(=O)[nH]1)CN(Cc1ccncc1Cl)CC2. The van der Waals surface area contributed by atoms with Crippen molar-refractivity contribution in [1.82, 2.24) is 19.9 Å². The van der Waals surface area contributed by atoms with Crippen molar-refractivity contribution in [2.45, 2.75) is 26.4 Å². The molecular weight excluding hydrogens is 276 g/mol. The van der Waals surface area contributed by atoms with E-state index in [4.69, 9.17) is 11.6 Å². The molecule has 0 aliphatic carbocycles. The van der Waals surface area contributed by atoms with Gasteiger partial charge in [-0.25, -0.2) is 4.98 Å². The van der Waals surface area contributed by atoms with Crippen LogP contribution in [0.3, 0.4) is 0 Å². The number of H-pyrrole nitrogens is 1. The molecule has 3 rings (SSSR count). The highest BCUT2D eigenvalue weighted by atomic mass is 35.5. The van der Waals surface area contributed by atoms with Gasteiger partial charge in [-0.3, -0.25) is 14.7 Å². The van der Waals surface area contributed by atoms with Gasteiger partial charge in [0.2, 0.25) is 0 Å². The summed E-state index contributed by atoms with van der Waals surface area (Å²) in [6.45, 7) is 4.01. The highest BCUT2D eigenvalue weighted by Crippen LogP contribution is 2.20. The van der Waals surface area contributed by atoms with E-state index >= 15 is 0 Å². The maximum atomic E-state index is 12.0. The lowest BCUT2D eigenvalue weighted by Gasteiger charge is -2.27. The summed E-state index contributed by atoms with van der Waals surface area (Å²) in [6.07, 6.45) is 4.17. The first kappa shape index (κ1) is 13.3. The molecule has 104 valence electrons. The molecule has 0 saturated carbocycles. The summed E-state index contributed by atoms with van der Waals surface area (Å²) in [4.78, 5) is 25.4. The van der Waals surface area contributed by atoms with Crippen LogP contribution in [0.1, 0.15) is 22.6 Å². The van der Waals surface area contributed by atoms with Crippen molar-refractivity contribution < 1.29 is 0 Å². The number of hydrogen-bond donors (Lipinski definition) is 1. The molecule has 0 atom stereocenters. The molecule has 0 radical (unpaired) electrons. The van der Waals surface area contributed by atoms with Crippen LogP contribution in [0.4, 0.5) is 0 Å². The van der Waals surface area contributed by atoms with E-state index in [-0.39, 0.29) is 5.56 Å². The summed E-state index contributed by atoms with van der Waals surface area (Å²) in [5.41, 5.74) is 2.69. The van der Waals surface area contributed by atoms with Gasteiger partial charge in [-0.2, -0.15) is 0 Å². The molecule has 1 N–H and O–H groups in total. The van der Waals surface area contributed by atoms with Crippen LogP contribution in [0.25, 0.3) is 0 Å². The van der Waals surface area contributed by atoms with Gasteiger partial charge in [0.05, 0.1) is 16.3 Å². The van der Waals surface area contributed by atoms with Crippen molar-refractivity contribution in [1.29, 1.82) is 0 Å². The molecule has 20 heavy (non-hydrogen) atoms. The number of rotatable bonds is 2. The molecule has 0 fully saturated rings. The quantitative estimate of drug-likeness (QED) is 0.914. The first-order chi connectivity index (χ1) is 9.63. The average molecular weight is 291 g/mol. The fraction of sp³-hybridized carbons (Fsp3) is 0.357. The van der Waals surface area contributed by atoms with E-state index in [9.17, 15) is 4.79 Å². The lowest BCUT2D eigenvalue weighted by atomic mass is 10.1. The van der Waals surface area contributed by atoms with E-state index in [1.807, 2.05) is 13.0 Å². The van der Waals surface area contributed by atoms with Crippen LogP contribution in [0.5, 0.6) is 0 Å². The van der Waals surface area contributed by atoms with Gasteiger partial charge < -0.3 is 4.98 Å². The monoisotopic (exact) mass is 290 g/mol. The summed E-state index contributed by atoms with van der Waals surface area (Å²) in [5, 5.41) is 0.661. The van der Waals surface area contributed by atoms with Gasteiger partial charge in [-0.1, -0.05) is 11.6 Å². The third-order valence-corrected chi connectivity index (χ3v) is 3.86. The van der Waals surface area contributed by atoms with E-state index < -0.39 is 0 Å². The molecular formula is C14H15ClN4O. The second-order valence-corrected chi connectivity index (χ2v) is 5.41. The van der Waals surface area contributed by atoms with Gasteiger partial charge in [-0.15, -0.1) is 0 Å².